The van der Waals surface area contributed by atoms with Crippen molar-refractivity contribution in [2.24, 2.45) is 0 Å². The molecule has 0 aliphatic rings. The number of carbonyl (C=O) groups is 1. The molecule has 1 heterocycles. The molecular weight excluding hydrogens is 371 g/mol. The number of carbonyl (C=O) groups excluding carboxylic acids is 1. The first-order valence-corrected chi connectivity index (χ1v) is 7.93. The minimum Gasteiger partial charge on any atom is -0.339 e. The van der Waals surface area contributed by atoms with E-state index >= 15 is 0 Å². The molecule has 0 saturated heterocycles. The fraction of sp³-hybridized carbons (Fsp3) is 0.0526. The van der Waals surface area contributed by atoms with Crippen LogP contribution in [0.5, 0.6) is 0 Å². The predicted molar refractivity (Wildman–Crippen MR) is 95.9 cm³/mol. The van der Waals surface area contributed by atoms with Gasteiger partial charge in [-0.25, -0.2) is 9.97 Å². The summed E-state index contributed by atoms with van der Waals surface area (Å²) < 4.78 is 37.7. The van der Waals surface area contributed by atoms with Gasteiger partial charge in [0.2, 0.25) is 0 Å². The molecular formula is C19H12F3N5O. The molecule has 140 valence electrons. The quantitative estimate of drug-likeness (QED) is 0.698. The van der Waals surface area contributed by atoms with E-state index in [0.29, 0.717) is 17.1 Å². The highest BCUT2D eigenvalue weighted by Crippen LogP contribution is 2.29. The van der Waals surface area contributed by atoms with Crippen LogP contribution in [0.1, 0.15) is 21.6 Å². The van der Waals surface area contributed by atoms with E-state index in [1.165, 1.54) is 12.4 Å². The summed E-state index contributed by atoms with van der Waals surface area (Å²) in [6.07, 6.45) is -1.85. The lowest BCUT2D eigenvalue weighted by Crippen LogP contribution is -2.14. The molecule has 0 spiro atoms. The number of nitriles is 1. The van der Waals surface area contributed by atoms with Crippen molar-refractivity contribution in [2.75, 3.05) is 10.6 Å². The second-order valence-corrected chi connectivity index (χ2v) is 5.63. The van der Waals surface area contributed by atoms with Gasteiger partial charge in [0, 0.05) is 11.4 Å². The molecule has 3 aromatic rings. The van der Waals surface area contributed by atoms with E-state index in [4.69, 9.17) is 5.26 Å². The van der Waals surface area contributed by atoms with Crippen LogP contribution in [-0.2, 0) is 6.18 Å². The highest BCUT2D eigenvalue weighted by atomic mass is 19.4. The molecule has 1 amide bonds. The SMILES string of the molecule is N#Cc1ccc(Nc2cnc(C(=O)Nc3ccc(C(F)(F)F)cc3)cn2)cc1. The lowest BCUT2D eigenvalue weighted by molar-refractivity contribution is -0.137. The number of alkyl halides is 3. The van der Waals surface area contributed by atoms with E-state index < -0.39 is 17.6 Å². The van der Waals surface area contributed by atoms with Crippen LogP contribution >= 0.6 is 0 Å². The maximum absolute atomic E-state index is 12.6. The highest BCUT2D eigenvalue weighted by molar-refractivity contribution is 6.02. The Morgan fingerprint density at radius 3 is 2.11 bits per heavy atom. The Hall–Kier alpha value is -3.93. The van der Waals surface area contributed by atoms with Crippen molar-refractivity contribution in [1.82, 2.24) is 9.97 Å². The van der Waals surface area contributed by atoms with Crippen LogP contribution in [0.15, 0.2) is 60.9 Å². The zero-order valence-corrected chi connectivity index (χ0v) is 14.2. The molecule has 0 bridgehead atoms. The second-order valence-electron chi connectivity index (χ2n) is 5.63. The maximum Gasteiger partial charge on any atom is 0.416 e. The third-order valence-electron chi connectivity index (χ3n) is 3.64. The number of rotatable bonds is 4. The van der Waals surface area contributed by atoms with Crippen molar-refractivity contribution in [2.45, 2.75) is 6.18 Å². The average molecular weight is 383 g/mol. The summed E-state index contributed by atoms with van der Waals surface area (Å²) in [5.41, 5.74) is 0.621. The normalized spacial score (nSPS) is 10.8. The third-order valence-corrected chi connectivity index (χ3v) is 3.64. The summed E-state index contributed by atoms with van der Waals surface area (Å²) in [5, 5.41) is 14.2. The number of hydrogen-bond donors (Lipinski definition) is 2. The maximum atomic E-state index is 12.6. The van der Waals surface area contributed by atoms with Gasteiger partial charge in [-0.2, -0.15) is 18.4 Å². The van der Waals surface area contributed by atoms with Gasteiger partial charge in [0.05, 0.1) is 29.6 Å². The molecule has 0 fully saturated rings. The number of nitrogens with one attached hydrogen (secondary N) is 2. The summed E-state index contributed by atoms with van der Waals surface area (Å²) in [7, 11) is 0. The van der Waals surface area contributed by atoms with Gasteiger partial charge in [-0.3, -0.25) is 4.79 Å². The van der Waals surface area contributed by atoms with Gasteiger partial charge in [0.1, 0.15) is 11.5 Å². The van der Waals surface area contributed by atoms with Crippen LogP contribution in [-0.4, -0.2) is 15.9 Å². The summed E-state index contributed by atoms with van der Waals surface area (Å²) >= 11 is 0. The first-order chi connectivity index (χ1) is 13.3. The van der Waals surface area contributed by atoms with Gasteiger partial charge < -0.3 is 10.6 Å². The lowest BCUT2D eigenvalue weighted by atomic mass is 10.2. The summed E-state index contributed by atoms with van der Waals surface area (Å²) in [5.74, 6) is -0.215. The molecule has 6 nitrogen and oxygen atoms in total. The fourth-order valence-corrected chi connectivity index (χ4v) is 2.22. The molecule has 3 rings (SSSR count). The van der Waals surface area contributed by atoms with E-state index in [-0.39, 0.29) is 11.4 Å². The largest absolute Gasteiger partial charge is 0.416 e. The van der Waals surface area contributed by atoms with Gasteiger partial charge >= 0.3 is 6.18 Å². The van der Waals surface area contributed by atoms with Crippen LogP contribution in [0.25, 0.3) is 0 Å². The number of hydrogen-bond acceptors (Lipinski definition) is 5. The standard InChI is InChI=1S/C19H12F3N5O/c20-19(21,22)13-3-7-15(8-4-13)27-18(28)16-10-25-17(11-24-16)26-14-5-1-12(9-23)2-6-14/h1-8,10-11H,(H,25,26)(H,27,28). The van der Waals surface area contributed by atoms with Crippen molar-refractivity contribution in [1.29, 1.82) is 5.26 Å². The van der Waals surface area contributed by atoms with E-state index in [1.807, 2.05) is 6.07 Å². The molecule has 0 saturated carbocycles. The Balaban J connectivity index is 1.64. The molecule has 9 heteroatoms. The van der Waals surface area contributed by atoms with Gasteiger partial charge in [0.25, 0.3) is 5.91 Å². The average Bonchev–Trinajstić information content (AvgIpc) is 2.69. The van der Waals surface area contributed by atoms with Crippen LogP contribution in [0.3, 0.4) is 0 Å². The number of halogens is 3. The zero-order valence-electron chi connectivity index (χ0n) is 14.2. The molecule has 2 N–H and O–H groups in total. The molecule has 0 aliphatic heterocycles. The number of anilines is 3. The first-order valence-electron chi connectivity index (χ1n) is 7.93. The lowest BCUT2D eigenvalue weighted by Gasteiger charge is -2.09. The van der Waals surface area contributed by atoms with Crippen molar-refractivity contribution in [3.8, 4) is 6.07 Å². The fourth-order valence-electron chi connectivity index (χ4n) is 2.22. The third kappa shape index (κ3) is 4.62. The smallest absolute Gasteiger partial charge is 0.339 e. The van der Waals surface area contributed by atoms with Crippen LogP contribution in [0.2, 0.25) is 0 Å². The van der Waals surface area contributed by atoms with Crippen molar-refractivity contribution in [3.05, 3.63) is 77.7 Å². The minimum atomic E-state index is -4.44. The second kappa shape index (κ2) is 7.75. The Morgan fingerprint density at radius 1 is 0.929 bits per heavy atom. The molecule has 0 unspecified atom stereocenters. The number of aromatic nitrogens is 2. The first kappa shape index (κ1) is 18.8. The molecule has 28 heavy (non-hydrogen) atoms. The van der Waals surface area contributed by atoms with Gasteiger partial charge in [-0.05, 0) is 48.5 Å². The topological polar surface area (TPSA) is 90.7 Å². The Kier molecular flexibility index (Phi) is 5.22. The van der Waals surface area contributed by atoms with Crippen molar-refractivity contribution < 1.29 is 18.0 Å². The van der Waals surface area contributed by atoms with Crippen molar-refractivity contribution >= 4 is 23.1 Å². The number of nitrogens with zero attached hydrogens (tertiary/aromatic N) is 3. The van der Waals surface area contributed by atoms with E-state index in [0.717, 1.165) is 24.3 Å². The minimum absolute atomic E-state index is 0.00489. The molecule has 0 atom stereocenters. The van der Waals surface area contributed by atoms with Gasteiger partial charge in [-0.15, -0.1) is 0 Å². The summed E-state index contributed by atoms with van der Waals surface area (Å²) in [6.45, 7) is 0. The summed E-state index contributed by atoms with van der Waals surface area (Å²) in [4.78, 5) is 20.2. The molecule has 2 aromatic carbocycles. The van der Waals surface area contributed by atoms with Crippen molar-refractivity contribution in [3.63, 3.8) is 0 Å². The summed E-state index contributed by atoms with van der Waals surface area (Å²) in [6, 6.07) is 12.8. The highest BCUT2D eigenvalue weighted by Gasteiger charge is 2.30. The van der Waals surface area contributed by atoms with Gasteiger partial charge in [0.15, 0.2) is 0 Å². The predicted octanol–water partition coefficient (Wildman–Crippen LogP) is 4.36. The van der Waals surface area contributed by atoms with Gasteiger partial charge in [-0.1, -0.05) is 0 Å². The van der Waals surface area contributed by atoms with Crippen LogP contribution < -0.4 is 10.6 Å². The molecule has 0 aliphatic carbocycles. The zero-order chi connectivity index (χ0) is 20.1. The molecule has 1 aromatic heterocycles. The Bertz CT molecular complexity index is 1010. The van der Waals surface area contributed by atoms with Crippen LogP contribution in [0.4, 0.5) is 30.4 Å². The number of benzene rings is 2. The Labute approximate surface area is 157 Å². The van der Waals surface area contributed by atoms with Crippen LogP contribution in [0, 0.1) is 11.3 Å². The van der Waals surface area contributed by atoms with E-state index in [1.54, 1.807) is 24.3 Å². The van der Waals surface area contributed by atoms with E-state index in [2.05, 4.69) is 20.6 Å². The Morgan fingerprint density at radius 2 is 1.57 bits per heavy atom. The monoisotopic (exact) mass is 383 g/mol. The van der Waals surface area contributed by atoms with E-state index in [9.17, 15) is 18.0 Å². The molecule has 0 radical (unpaired) electrons. The number of amides is 1.